The summed E-state index contributed by atoms with van der Waals surface area (Å²) in [4.78, 5) is 24.9. The minimum Gasteiger partial charge on any atom is -0.496 e. The van der Waals surface area contributed by atoms with Crippen molar-refractivity contribution in [2.45, 2.75) is 25.3 Å². The van der Waals surface area contributed by atoms with Gasteiger partial charge in [0.05, 0.1) is 31.4 Å². The van der Waals surface area contributed by atoms with E-state index in [1.807, 2.05) is 18.7 Å². The summed E-state index contributed by atoms with van der Waals surface area (Å²) >= 11 is 0. The third kappa shape index (κ3) is 4.62. The molecule has 0 aliphatic carbocycles. The van der Waals surface area contributed by atoms with E-state index in [2.05, 4.69) is 9.82 Å². The van der Waals surface area contributed by atoms with Gasteiger partial charge in [-0.2, -0.15) is 0 Å². The minimum atomic E-state index is -3.76. The fourth-order valence-corrected chi connectivity index (χ4v) is 3.49. The maximum Gasteiger partial charge on any atom is 0.262 e. The van der Waals surface area contributed by atoms with Gasteiger partial charge in [0.1, 0.15) is 5.75 Å². The normalized spacial score (nSPS) is 11.3. The summed E-state index contributed by atoms with van der Waals surface area (Å²) in [5, 5.41) is 0. The first-order chi connectivity index (χ1) is 12.7. The summed E-state index contributed by atoms with van der Waals surface area (Å²) in [7, 11) is 0.708. The van der Waals surface area contributed by atoms with Crippen LogP contribution >= 0.6 is 0 Å². The Hall–Kier alpha value is -2.49. The van der Waals surface area contributed by atoms with Crippen molar-refractivity contribution in [1.29, 1.82) is 0 Å². The Morgan fingerprint density at radius 1 is 1.19 bits per heavy atom. The Morgan fingerprint density at radius 3 is 2.37 bits per heavy atom. The van der Waals surface area contributed by atoms with E-state index in [0.29, 0.717) is 12.1 Å². The molecule has 2 aromatic rings. The number of aryl methyl sites for hydroxylation is 1. The van der Waals surface area contributed by atoms with Crippen molar-refractivity contribution in [1.82, 2.24) is 14.8 Å². The third-order valence-corrected chi connectivity index (χ3v) is 5.37. The summed E-state index contributed by atoms with van der Waals surface area (Å²) in [6.07, 6.45) is 1.71. The molecule has 2 rings (SSSR count). The molecule has 0 radical (unpaired) electrons. The van der Waals surface area contributed by atoms with Crippen molar-refractivity contribution < 1.29 is 22.8 Å². The van der Waals surface area contributed by atoms with Crippen LogP contribution in [0, 0.1) is 13.8 Å². The van der Waals surface area contributed by atoms with Gasteiger partial charge in [-0.05, 0) is 38.1 Å². The summed E-state index contributed by atoms with van der Waals surface area (Å²) in [5.74, 6) is 0.500. The van der Waals surface area contributed by atoms with E-state index < -0.39 is 10.0 Å². The Labute approximate surface area is 159 Å². The Kier molecular flexibility index (Phi) is 6.53. The van der Waals surface area contributed by atoms with Crippen molar-refractivity contribution in [3.63, 3.8) is 0 Å². The largest absolute Gasteiger partial charge is 0.496 e. The van der Waals surface area contributed by atoms with Gasteiger partial charge >= 0.3 is 0 Å². The van der Waals surface area contributed by atoms with Crippen molar-refractivity contribution in [2.75, 3.05) is 21.3 Å². The topological polar surface area (TPSA) is 97.8 Å². The third-order valence-electron chi connectivity index (χ3n) is 4.09. The van der Waals surface area contributed by atoms with Gasteiger partial charge < -0.3 is 9.64 Å². The molecule has 1 heterocycles. The fourth-order valence-electron chi connectivity index (χ4n) is 2.68. The lowest BCUT2D eigenvalue weighted by molar-refractivity contribution is 0.0783. The molecule has 0 aliphatic heterocycles. The van der Waals surface area contributed by atoms with Gasteiger partial charge in [-0.3, -0.25) is 14.6 Å². The summed E-state index contributed by atoms with van der Waals surface area (Å²) in [6.45, 7) is 4.10. The number of hydrogen-bond donors (Lipinski definition) is 1. The number of ether oxygens (including phenoxy) is 1. The molecular formula is C18H23N3O5S. The quantitative estimate of drug-likeness (QED) is 0.721. The molecule has 1 aromatic carbocycles. The molecular weight excluding hydrogens is 370 g/mol. The van der Waals surface area contributed by atoms with Gasteiger partial charge in [-0.25, -0.2) is 8.42 Å². The zero-order valence-electron chi connectivity index (χ0n) is 15.9. The van der Waals surface area contributed by atoms with Crippen molar-refractivity contribution in [3.8, 4) is 5.75 Å². The van der Waals surface area contributed by atoms with Crippen LogP contribution in [0.1, 0.15) is 27.2 Å². The second-order valence-electron chi connectivity index (χ2n) is 6.02. The second kappa shape index (κ2) is 8.47. The summed E-state index contributed by atoms with van der Waals surface area (Å²) in [6, 6.07) is 5.61. The highest BCUT2D eigenvalue weighted by Crippen LogP contribution is 2.25. The maximum atomic E-state index is 12.6. The first-order valence-corrected chi connectivity index (χ1v) is 9.59. The van der Waals surface area contributed by atoms with E-state index in [9.17, 15) is 13.2 Å². The molecule has 0 spiro atoms. The molecule has 0 bridgehead atoms. The Balaban J connectivity index is 2.19. The first kappa shape index (κ1) is 20.8. The number of amides is 1. The van der Waals surface area contributed by atoms with Gasteiger partial charge in [-0.15, -0.1) is 0 Å². The maximum absolute atomic E-state index is 12.6. The number of sulfonamides is 1. The average Bonchev–Trinajstić information content (AvgIpc) is 2.64. The number of carbonyl (C=O) groups is 1. The smallest absolute Gasteiger partial charge is 0.262 e. The number of rotatable bonds is 7. The lowest BCUT2D eigenvalue weighted by Gasteiger charge is -2.19. The van der Waals surface area contributed by atoms with Crippen LogP contribution in [0.5, 0.6) is 5.75 Å². The van der Waals surface area contributed by atoms with E-state index in [4.69, 9.17) is 4.74 Å². The van der Waals surface area contributed by atoms with Crippen LogP contribution in [0.4, 0.5) is 0 Å². The zero-order valence-corrected chi connectivity index (χ0v) is 16.8. The van der Waals surface area contributed by atoms with Crippen molar-refractivity contribution in [2.24, 2.45) is 0 Å². The standard InChI is InChI=1S/C18H23N3O5S/c1-12-10-19-16(13(2)17(12)25-4)11-21(3)18(22)14-6-8-15(9-7-14)27(23,24)20-26-5/h6-10,20H,11H2,1-5H3. The molecule has 1 amide bonds. The molecule has 0 saturated carbocycles. The lowest BCUT2D eigenvalue weighted by Crippen LogP contribution is -2.27. The number of methoxy groups -OCH3 is 1. The van der Waals surface area contributed by atoms with Crippen LogP contribution in [0.15, 0.2) is 35.4 Å². The molecule has 8 nitrogen and oxygen atoms in total. The van der Waals surface area contributed by atoms with Crippen LogP contribution in [0.25, 0.3) is 0 Å². The number of pyridine rings is 1. The number of nitrogens with zero attached hydrogens (tertiary/aromatic N) is 2. The minimum absolute atomic E-state index is 0.00401. The molecule has 0 fully saturated rings. The molecule has 0 saturated heterocycles. The Bertz CT molecular complexity index is 927. The molecule has 146 valence electrons. The number of benzene rings is 1. The van der Waals surface area contributed by atoms with Crippen molar-refractivity contribution in [3.05, 3.63) is 52.8 Å². The molecule has 9 heteroatoms. The van der Waals surface area contributed by atoms with E-state index in [0.717, 1.165) is 22.6 Å². The lowest BCUT2D eigenvalue weighted by atomic mass is 10.1. The van der Waals surface area contributed by atoms with Gasteiger partial charge in [0.2, 0.25) is 0 Å². The molecule has 1 aromatic heterocycles. The van der Waals surface area contributed by atoms with Crippen molar-refractivity contribution >= 4 is 15.9 Å². The van der Waals surface area contributed by atoms with Crippen LogP contribution in [-0.2, 0) is 21.4 Å². The van der Waals surface area contributed by atoms with Crippen LogP contribution in [0.3, 0.4) is 0 Å². The van der Waals surface area contributed by atoms with Gasteiger partial charge in [0.25, 0.3) is 15.9 Å². The monoisotopic (exact) mass is 393 g/mol. The highest BCUT2D eigenvalue weighted by atomic mass is 32.2. The molecule has 0 aliphatic rings. The summed E-state index contributed by atoms with van der Waals surface area (Å²) in [5.41, 5.74) is 2.90. The van der Waals surface area contributed by atoms with E-state index in [1.54, 1.807) is 20.4 Å². The SMILES string of the molecule is CONS(=O)(=O)c1ccc(C(=O)N(C)Cc2ncc(C)c(OC)c2C)cc1. The average molecular weight is 393 g/mol. The number of carbonyl (C=O) groups excluding carboxylic acids is 1. The van der Waals surface area contributed by atoms with Crippen LogP contribution in [-0.4, -0.2) is 45.5 Å². The zero-order chi connectivity index (χ0) is 20.2. The van der Waals surface area contributed by atoms with E-state index in [-0.39, 0.29) is 10.8 Å². The van der Waals surface area contributed by atoms with E-state index >= 15 is 0 Å². The van der Waals surface area contributed by atoms with Gasteiger partial charge in [0, 0.05) is 29.9 Å². The number of aromatic nitrogens is 1. The molecule has 27 heavy (non-hydrogen) atoms. The number of hydrogen-bond acceptors (Lipinski definition) is 6. The molecule has 1 N–H and O–H groups in total. The number of nitrogens with one attached hydrogen (secondary N) is 1. The van der Waals surface area contributed by atoms with Crippen LogP contribution in [0.2, 0.25) is 0 Å². The fraction of sp³-hybridized carbons (Fsp3) is 0.333. The summed E-state index contributed by atoms with van der Waals surface area (Å²) < 4.78 is 29.1. The second-order valence-corrected chi connectivity index (χ2v) is 7.67. The predicted molar refractivity (Wildman–Crippen MR) is 99.8 cm³/mol. The highest BCUT2D eigenvalue weighted by molar-refractivity contribution is 7.89. The van der Waals surface area contributed by atoms with Crippen LogP contribution < -0.4 is 9.62 Å². The highest BCUT2D eigenvalue weighted by Gasteiger charge is 2.18. The van der Waals surface area contributed by atoms with Gasteiger partial charge in [0.15, 0.2) is 0 Å². The molecule has 0 unspecified atom stereocenters. The predicted octanol–water partition coefficient (Wildman–Crippen LogP) is 1.82. The molecule has 0 atom stereocenters. The Morgan fingerprint density at radius 2 is 1.81 bits per heavy atom. The first-order valence-electron chi connectivity index (χ1n) is 8.10. The van der Waals surface area contributed by atoms with Gasteiger partial charge in [-0.1, -0.05) is 4.89 Å². The van der Waals surface area contributed by atoms with E-state index in [1.165, 1.54) is 36.3 Å².